The molecule has 30 heavy (non-hydrogen) atoms. The zero-order valence-electron chi connectivity index (χ0n) is 15.7. The second-order valence-corrected chi connectivity index (χ2v) is 6.87. The van der Waals surface area contributed by atoms with Gasteiger partial charge in [0.25, 0.3) is 0 Å². The molecule has 1 atom stereocenters. The molecule has 1 unspecified atom stereocenters. The van der Waals surface area contributed by atoms with E-state index in [4.69, 9.17) is 4.42 Å². The molecule has 0 aliphatic carbocycles. The number of fused-ring (bicyclic) bond motifs is 1. The number of ketones is 1. The highest BCUT2D eigenvalue weighted by Crippen LogP contribution is 2.38. The van der Waals surface area contributed by atoms with Crippen LogP contribution in [-0.2, 0) is 0 Å². The first-order valence-electron chi connectivity index (χ1n) is 9.27. The third kappa shape index (κ3) is 3.43. The van der Waals surface area contributed by atoms with Gasteiger partial charge in [0, 0.05) is 12.3 Å². The summed E-state index contributed by atoms with van der Waals surface area (Å²) in [5.74, 6) is -2.82. The molecule has 6 heteroatoms. The normalized spacial score (nSPS) is 12.0. The summed E-state index contributed by atoms with van der Waals surface area (Å²) in [6.07, 6.45) is -0.352. The fourth-order valence-corrected chi connectivity index (χ4v) is 3.59. The van der Waals surface area contributed by atoms with Gasteiger partial charge in [-0.25, -0.2) is 9.18 Å². The monoisotopic (exact) mass is 404 g/mol. The van der Waals surface area contributed by atoms with Crippen LogP contribution < -0.4 is 5.63 Å². The molecule has 3 aromatic carbocycles. The van der Waals surface area contributed by atoms with Crippen LogP contribution in [0.5, 0.6) is 11.5 Å². The van der Waals surface area contributed by atoms with E-state index in [0.717, 1.165) is 0 Å². The number of carbonyl (C=O) groups is 1. The Bertz CT molecular complexity index is 1310. The summed E-state index contributed by atoms with van der Waals surface area (Å²) in [6.45, 7) is 0. The predicted octanol–water partition coefficient (Wildman–Crippen LogP) is 4.75. The molecule has 0 saturated carbocycles. The minimum atomic E-state index is -1.11. The van der Waals surface area contributed by atoms with Gasteiger partial charge in [0.1, 0.15) is 22.9 Å². The van der Waals surface area contributed by atoms with Gasteiger partial charge in [0.2, 0.25) is 0 Å². The highest BCUT2D eigenvalue weighted by molar-refractivity contribution is 5.99. The maximum Gasteiger partial charge on any atom is 0.343 e. The van der Waals surface area contributed by atoms with Gasteiger partial charge in [-0.15, -0.1) is 0 Å². The number of carbonyl (C=O) groups excluding carboxylic acids is 1. The van der Waals surface area contributed by atoms with E-state index in [2.05, 4.69) is 0 Å². The number of benzene rings is 3. The quantitative estimate of drug-likeness (QED) is 0.370. The summed E-state index contributed by atoms with van der Waals surface area (Å²) < 4.78 is 20.0. The average Bonchev–Trinajstić information content (AvgIpc) is 2.73. The molecular formula is C24H17FO5. The van der Waals surface area contributed by atoms with Crippen molar-refractivity contribution >= 4 is 16.8 Å². The molecule has 0 saturated heterocycles. The van der Waals surface area contributed by atoms with E-state index in [1.807, 2.05) is 0 Å². The number of phenolic OH excluding ortho intramolecular Hbond substituents is 1. The van der Waals surface area contributed by atoms with E-state index in [0.29, 0.717) is 0 Å². The highest BCUT2D eigenvalue weighted by atomic mass is 19.1. The fraction of sp³-hybridized carbons (Fsp3) is 0.0833. The van der Waals surface area contributed by atoms with Crippen LogP contribution in [0.4, 0.5) is 4.39 Å². The lowest BCUT2D eigenvalue weighted by Gasteiger charge is -2.19. The molecule has 0 aliphatic rings. The number of Topliss-reactive ketones (excluding diaryl/α,β-unsaturated/α-hetero) is 1. The standard InChI is InChI=1S/C24H17FO5/c25-18-10-4-1-7-14(18)17(13-20(27)15-8-2-5-11-19(15)26)22-23(28)16-9-3-6-12-21(16)30-24(22)29/h1-12,17,26,28H,13H2. The molecule has 0 amide bonds. The van der Waals surface area contributed by atoms with Gasteiger partial charge in [-0.1, -0.05) is 42.5 Å². The smallest absolute Gasteiger partial charge is 0.343 e. The molecule has 0 spiro atoms. The maximum absolute atomic E-state index is 14.7. The fourth-order valence-electron chi connectivity index (χ4n) is 3.59. The van der Waals surface area contributed by atoms with Crippen LogP contribution in [0.25, 0.3) is 11.0 Å². The molecule has 0 aliphatic heterocycles. The number of phenols is 1. The molecule has 4 aromatic rings. The van der Waals surface area contributed by atoms with Crippen LogP contribution in [-0.4, -0.2) is 16.0 Å². The van der Waals surface area contributed by atoms with E-state index in [1.54, 1.807) is 36.4 Å². The van der Waals surface area contributed by atoms with E-state index < -0.39 is 23.1 Å². The number of hydrogen-bond donors (Lipinski definition) is 2. The van der Waals surface area contributed by atoms with Gasteiger partial charge in [-0.3, -0.25) is 4.79 Å². The average molecular weight is 404 g/mol. The summed E-state index contributed by atoms with van der Waals surface area (Å²) in [5.41, 5.74) is -0.766. The largest absolute Gasteiger partial charge is 0.507 e. The topological polar surface area (TPSA) is 87.7 Å². The first kappa shape index (κ1) is 19.4. The second kappa shape index (κ2) is 7.83. The van der Waals surface area contributed by atoms with Crippen LogP contribution in [0.3, 0.4) is 0 Å². The van der Waals surface area contributed by atoms with Gasteiger partial charge in [-0.2, -0.15) is 0 Å². The van der Waals surface area contributed by atoms with Crippen LogP contribution in [0, 0.1) is 5.82 Å². The number of aromatic hydroxyl groups is 2. The van der Waals surface area contributed by atoms with Crippen LogP contribution >= 0.6 is 0 Å². The van der Waals surface area contributed by atoms with E-state index >= 15 is 0 Å². The van der Waals surface area contributed by atoms with Gasteiger partial charge in [-0.05, 0) is 35.9 Å². The van der Waals surface area contributed by atoms with Crippen LogP contribution in [0.2, 0.25) is 0 Å². The minimum Gasteiger partial charge on any atom is -0.507 e. The number of hydrogen-bond acceptors (Lipinski definition) is 5. The Morgan fingerprint density at radius 1 is 0.933 bits per heavy atom. The van der Waals surface area contributed by atoms with Crippen LogP contribution in [0.1, 0.15) is 33.8 Å². The molecule has 0 bridgehead atoms. The van der Waals surface area contributed by atoms with Crippen molar-refractivity contribution in [1.29, 1.82) is 0 Å². The Hall–Kier alpha value is -3.93. The van der Waals surface area contributed by atoms with Gasteiger partial charge < -0.3 is 14.6 Å². The van der Waals surface area contributed by atoms with Crippen molar-refractivity contribution in [2.24, 2.45) is 0 Å². The van der Waals surface area contributed by atoms with Crippen molar-refractivity contribution in [2.75, 3.05) is 0 Å². The van der Waals surface area contributed by atoms with Crippen molar-refractivity contribution < 1.29 is 23.8 Å². The van der Waals surface area contributed by atoms with Crippen molar-refractivity contribution in [2.45, 2.75) is 12.3 Å². The Balaban J connectivity index is 1.90. The zero-order chi connectivity index (χ0) is 21.3. The molecule has 1 heterocycles. The molecule has 0 fully saturated rings. The Kier molecular flexibility index (Phi) is 5.06. The molecule has 4 rings (SSSR count). The van der Waals surface area contributed by atoms with Crippen molar-refractivity contribution in [3.8, 4) is 11.5 Å². The first-order chi connectivity index (χ1) is 14.5. The molecular weight excluding hydrogens is 387 g/mol. The lowest BCUT2D eigenvalue weighted by atomic mass is 9.85. The van der Waals surface area contributed by atoms with Crippen molar-refractivity contribution in [3.05, 3.63) is 106 Å². The molecule has 2 N–H and O–H groups in total. The Morgan fingerprint density at radius 3 is 2.37 bits per heavy atom. The summed E-state index contributed by atoms with van der Waals surface area (Å²) in [7, 11) is 0. The summed E-state index contributed by atoms with van der Waals surface area (Å²) in [4.78, 5) is 25.7. The molecule has 150 valence electrons. The van der Waals surface area contributed by atoms with E-state index in [-0.39, 0.29) is 45.6 Å². The van der Waals surface area contributed by atoms with Crippen LogP contribution in [0.15, 0.2) is 82.0 Å². The van der Waals surface area contributed by atoms with Crippen molar-refractivity contribution in [3.63, 3.8) is 0 Å². The number of para-hydroxylation sites is 2. The zero-order valence-corrected chi connectivity index (χ0v) is 15.7. The lowest BCUT2D eigenvalue weighted by Crippen LogP contribution is -2.18. The Morgan fingerprint density at radius 2 is 1.60 bits per heavy atom. The minimum absolute atomic E-state index is 0.0449. The number of halogens is 1. The molecule has 0 radical (unpaired) electrons. The predicted molar refractivity (Wildman–Crippen MR) is 109 cm³/mol. The van der Waals surface area contributed by atoms with Gasteiger partial charge in [0.05, 0.1) is 16.5 Å². The Labute approximate surface area is 170 Å². The SMILES string of the molecule is O=C(CC(c1ccccc1F)c1c(O)c2ccccc2oc1=O)c1ccccc1O. The summed E-state index contributed by atoms with van der Waals surface area (Å²) >= 11 is 0. The van der Waals surface area contributed by atoms with Crippen molar-refractivity contribution in [1.82, 2.24) is 0 Å². The third-order valence-corrected chi connectivity index (χ3v) is 5.04. The summed E-state index contributed by atoms with van der Waals surface area (Å²) in [5, 5.41) is 21.1. The first-order valence-corrected chi connectivity index (χ1v) is 9.27. The molecule has 1 aromatic heterocycles. The van der Waals surface area contributed by atoms with Gasteiger partial charge in [0.15, 0.2) is 5.78 Å². The van der Waals surface area contributed by atoms with E-state index in [1.165, 1.54) is 36.4 Å². The summed E-state index contributed by atoms with van der Waals surface area (Å²) in [6, 6.07) is 18.1. The second-order valence-electron chi connectivity index (χ2n) is 6.87. The lowest BCUT2D eigenvalue weighted by molar-refractivity contribution is 0.0974. The maximum atomic E-state index is 14.7. The third-order valence-electron chi connectivity index (χ3n) is 5.04. The highest BCUT2D eigenvalue weighted by Gasteiger charge is 2.29. The molecule has 5 nitrogen and oxygen atoms in total. The van der Waals surface area contributed by atoms with E-state index in [9.17, 15) is 24.2 Å². The van der Waals surface area contributed by atoms with Gasteiger partial charge >= 0.3 is 5.63 Å². The number of rotatable bonds is 5.